The van der Waals surface area contributed by atoms with E-state index in [0.29, 0.717) is 38.6 Å². The molecule has 1 fully saturated rings. The van der Waals surface area contributed by atoms with Gasteiger partial charge in [-0.1, -0.05) is 44.2 Å². The van der Waals surface area contributed by atoms with Crippen LogP contribution in [0.15, 0.2) is 59.5 Å². The molecule has 1 aliphatic rings. The topological polar surface area (TPSA) is 121 Å². The standard InChI is InChI=1S/C30H43NO9S/c1-23(2)19-31(41(34,35)28-11-9-26(36-3)10-12-28)20-29(32)25(17-24-7-5-4-6-8-24)18-30(33)40-27-21-38-15-13-37-14-16-39-22-27/h4-12,23,25,27,29,32H,13-22H2,1-3H3/t25-,29-/m1/s1. The molecule has 10 nitrogen and oxygen atoms in total. The summed E-state index contributed by atoms with van der Waals surface area (Å²) in [6.07, 6.45) is -1.47. The fraction of sp³-hybridized carbons (Fsp3) is 0.567. The number of nitrogens with zero attached hydrogens (tertiary/aromatic N) is 1. The smallest absolute Gasteiger partial charge is 0.306 e. The molecule has 11 heteroatoms. The predicted molar refractivity (Wildman–Crippen MR) is 153 cm³/mol. The zero-order chi connectivity index (χ0) is 29.7. The van der Waals surface area contributed by atoms with Crippen LogP contribution in [0.25, 0.3) is 0 Å². The van der Waals surface area contributed by atoms with E-state index in [4.69, 9.17) is 23.7 Å². The molecule has 1 N–H and O–H groups in total. The molecule has 0 amide bonds. The number of hydrogen-bond donors (Lipinski definition) is 1. The quantitative estimate of drug-likeness (QED) is 0.350. The third kappa shape index (κ3) is 11.0. The molecule has 1 heterocycles. The summed E-state index contributed by atoms with van der Waals surface area (Å²) in [5.74, 6) is -0.560. The summed E-state index contributed by atoms with van der Waals surface area (Å²) in [6, 6.07) is 15.6. The number of hydrogen-bond acceptors (Lipinski definition) is 9. The Labute approximate surface area is 243 Å². The first-order valence-electron chi connectivity index (χ1n) is 14.0. The highest BCUT2D eigenvalue weighted by Crippen LogP contribution is 2.24. The van der Waals surface area contributed by atoms with Crippen LogP contribution in [-0.4, -0.2) is 95.8 Å². The van der Waals surface area contributed by atoms with Crippen LogP contribution in [0.2, 0.25) is 0 Å². The van der Waals surface area contributed by atoms with Gasteiger partial charge in [0, 0.05) is 19.0 Å². The van der Waals surface area contributed by atoms with Gasteiger partial charge in [-0.3, -0.25) is 4.79 Å². The molecule has 1 aliphatic heterocycles. The second-order valence-corrected chi connectivity index (χ2v) is 12.4. The maximum absolute atomic E-state index is 13.6. The second kappa shape index (κ2) is 16.8. The molecule has 2 atom stereocenters. The molecule has 2 aromatic carbocycles. The molecular weight excluding hydrogens is 550 g/mol. The molecule has 0 bridgehead atoms. The summed E-state index contributed by atoms with van der Waals surface area (Å²) in [5.41, 5.74) is 0.920. The minimum Gasteiger partial charge on any atom is -0.497 e. The van der Waals surface area contributed by atoms with E-state index < -0.39 is 34.1 Å². The van der Waals surface area contributed by atoms with Crippen molar-refractivity contribution in [2.75, 3.05) is 59.8 Å². The van der Waals surface area contributed by atoms with Crippen molar-refractivity contribution in [2.45, 2.75) is 43.8 Å². The normalized spacial score (nSPS) is 17.2. The number of carbonyl (C=O) groups excluding carboxylic acids is 1. The van der Waals surface area contributed by atoms with Crippen molar-refractivity contribution >= 4 is 16.0 Å². The maximum atomic E-state index is 13.6. The third-order valence-electron chi connectivity index (χ3n) is 6.62. The Balaban J connectivity index is 1.77. The molecule has 1 saturated heterocycles. The Morgan fingerprint density at radius 2 is 1.56 bits per heavy atom. The Morgan fingerprint density at radius 1 is 0.951 bits per heavy atom. The minimum absolute atomic E-state index is 0.00533. The first-order chi connectivity index (χ1) is 19.7. The van der Waals surface area contributed by atoms with Crippen LogP contribution in [0.5, 0.6) is 5.75 Å². The van der Waals surface area contributed by atoms with E-state index in [1.807, 2.05) is 44.2 Å². The number of carbonyl (C=O) groups is 1. The van der Waals surface area contributed by atoms with Gasteiger partial charge in [0.1, 0.15) is 11.9 Å². The Bertz CT molecular complexity index is 1130. The van der Waals surface area contributed by atoms with E-state index in [0.717, 1.165) is 5.56 Å². The molecule has 0 aromatic heterocycles. The molecule has 0 aliphatic carbocycles. The zero-order valence-corrected chi connectivity index (χ0v) is 25.0. The molecule has 3 rings (SSSR count). The van der Waals surface area contributed by atoms with Gasteiger partial charge >= 0.3 is 5.97 Å². The van der Waals surface area contributed by atoms with Crippen LogP contribution in [0, 0.1) is 11.8 Å². The van der Waals surface area contributed by atoms with Gasteiger partial charge in [-0.05, 0) is 42.2 Å². The summed E-state index contributed by atoms with van der Waals surface area (Å²) in [6.45, 7) is 5.83. The van der Waals surface area contributed by atoms with Crippen LogP contribution < -0.4 is 4.74 Å². The van der Waals surface area contributed by atoms with E-state index in [9.17, 15) is 18.3 Å². The van der Waals surface area contributed by atoms with Crippen LogP contribution in [0.1, 0.15) is 25.8 Å². The number of esters is 1. The van der Waals surface area contributed by atoms with Gasteiger partial charge in [0.15, 0.2) is 0 Å². The van der Waals surface area contributed by atoms with Gasteiger partial charge in [-0.25, -0.2) is 8.42 Å². The summed E-state index contributed by atoms with van der Waals surface area (Å²) >= 11 is 0. The van der Waals surface area contributed by atoms with E-state index in [1.54, 1.807) is 12.1 Å². The molecular formula is C30H43NO9S. The summed E-state index contributed by atoms with van der Waals surface area (Å²) < 4.78 is 55.8. The van der Waals surface area contributed by atoms with Crippen molar-refractivity contribution in [3.8, 4) is 5.75 Å². The Kier molecular flexibility index (Phi) is 13.5. The van der Waals surface area contributed by atoms with Crippen molar-refractivity contribution in [2.24, 2.45) is 11.8 Å². The second-order valence-electron chi connectivity index (χ2n) is 10.5. The molecule has 0 saturated carbocycles. The molecule has 0 unspecified atom stereocenters. The molecule has 228 valence electrons. The number of benzene rings is 2. The van der Waals surface area contributed by atoms with E-state index in [2.05, 4.69) is 0 Å². The molecule has 0 spiro atoms. The van der Waals surface area contributed by atoms with E-state index in [-0.39, 0.29) is 43.5 Å². The Hall–Kier alpha value is -2.54. The minimum atomic E-state index is -3.93. The first-order valence-corrected chi connectivity index (χ1v) is 15.4. The average molecular weight is 594 g/mol. The lowest BCUT2D eigenvalue weighted by molar-refractivity contribution is -0.160. The number of ether oxygens (including phenoxy) is 5. The lowest BCUT2D eigenvalue weighted by Crippen LogP contribution is -2.43. The zero-order valence-electron chi connectivity index (χ0n) is 24.1. The first kappa shape index (κ1) is 33.0. The highest BCUT2D eigenvalue weighted by atomic mass is 32.2. The maximum Gasteiger partial charge on any atom is 0.306 e. The molecule has 0 radical (unpaired) electrons. The summed E-state index contributed by atoms with van der Waals surface area (Å²) in [4.78, 5) is 13.2. The summed E-state index contributed by atoms with van der Waals surface area (Å²) in [5, 5.41) is 11.5. The van der Waals surface area contributed by atoms with Crippen molar-refractivity contribution in [3.63, 3.8) is 0 Å². The third-order valence-corrected chi connectivity index (χ3v) is 8.47. The molecule has 41 heavy (non-hydrogen) atoms. The number of sulfonamides is 1. The number of aliphatic hydroxyl groups excluding tert-OH is 1. The van der Waals surface area contributed by atoms with Crippen LogP contribution in [0.3, 0.4) is 0 Å². The van der Waals surface area contributed by atoms with Gasteiger partial charge in [0.2, 0.25) is 10.0 Å². The lowest BCUT2D eigenvalue weighted by Gasteiger charge is -2.30. The van der Waals surface area contributed by atoms with Crippen molar-refractivity contribution in [1.29, 1.82) is 0 Å². The van der Waals surface area contributed by atoms with Crippen molar-refractivity contribution < 1.29 is 42.0 Å². The number of rotatable bonds is 13. The largest absolute Gasteiger partial charge is 0.497 e. The SMILES string of the molecule is COc1ccc(S(=O)(=O)N(CC(C)C)C[C@@H](O)[C@@H](CC(=O)OC2COCCOCCOC2)Cc2ccccc2)cc1. The highest BCUT2D eigenvalue weighted by Gasteiger charge is 2.32. The number of aliphatic hydroxyl groups is 1. The van der Waals surface area contributed by atoms with E-state index >= 15 is 0 Å². The lowest BCUT2D eigenvalue weighted by atomic mass is 9.90. The average Bonchev–Trinajstić information content (AvgIpc) is 2.96. The summed E-state index contributed by atoms with van der Waals surface area (Å²) in [7, 11) is -2.42. The van der Waals surface area contributed by atoms with E-state index in [1.165, 1.54) is 23.5 Å². The van der Waals surface area contributed by atoms with Gasteiger partial charge < -0.3 is 28.8 Å². The highest BCUT2D eigenvalue weighted by molar-refractivity contribution is 7.89. The van der Waals surface area contributed by atoms with Crippen molar-refractivity contribution in [3.05, 3.63) is 60.2 Å². The van der Waals surface area contributed by atoms with Gasteiger partial charge in [0.05, 0.1) is 64.2 Å². The predicted octanol–water partition coefficient (Wildman–Crippen LogP) is 2.93. The van der Waals surface area contributed by atoms with Gasteiger partial charge in [-0.2, -0.15) is 4.31 Å². The Morgan fingerprint density at radius 3 is 2.15 bits per heavy atom. The molecule has 2 aromatic rings. The van der Waals surface area contributed by atoms with Gasteiger partial charge in [-0.15, -0.1) is 0 Å². The fourth-order valence-electron chi connectivity index (χ4n) is 4.53. The van der Waals surface area contributed by atoms with Gasteiger partial charge in [0.25, 0.3) is 0 Å². The van der Waals surface area contributed by atoms with Crippen LogP contribution in [0.4, 0.5) is 0 Å². The van der Waals surface area contributed by atoms with Crippen LogP contribution in [-0.2, 0) is 40.2 Å². The fourth-order valence-corrected chi connectivity index (χ4v) is 6.15. The van der Waals surface area contributed by atoms with Crippen molar-refractivity contribution in [1.82, 2.24) is 4.31 Å². The van der Waals surface area contributed by atoms with Crippen LogP contribution >= 0.6 is 0 Å². The monoisotopic (exact) mass is 593 g/mol. The number of methoxy groups -OCH3 is 1.